The molecule has 3 aromatic heterocycles. The fraction of sp³-hybridized carbons (Fsp3) is 0.465. The van der Waals surface area contributed by atoms with Gasteiger partial charge in [0.2, 0.25) is 0 Å². The van der Waals surface area contributed by atoms with Crippen LogP contribution in [0.4, 0.5) is 0 Å². The van der Waals surface area contributed by atoms with Crippen molar-refractivity contribution in [2.24, 2.45) is 0 Å². The number of aromatic nitrogens is 4. The molecule has 2 aliphatic rings. The zero-order valence-electron chi connectivity index (χ0n) is 32.7. The number of esters is 2. The number of hydrogen-bond donors (Lipinski definition) is 3. The van der Waals surface area contributed by atoms with E-state index in [0.717, 1.165) is 75.7 Å². The number of carbonyl (C=O) groups is 3. The number of carbonyl (C=O) groups excluding carboxylic acids is 3. The van der Waals surface area contributed by atoms with Gasteiger partial charge in [-0.3, -0.25) is 14.6 Å². The number of fused-ring (bicyclic) bond motifs is 8. The van der Waals surface area contributed by atoms with Gasteiger partial charge in [-0.2, -0.15) is 0 Å². The summed E-state index contributed by atoms with van der Waals surface area (Å²) in [5, 5.41) is 3.15. The molecule has 10 nitrogen and oxygen atoms in total. The molecule has 0 unspecified atom stereocenters. The number of H-pyrrole nitrogens is 2. The molecule has 2 aliphatic heterocycles. The van der Waals surface area contributed by atoms with Crippen molar-refractivity contribution in [3.63, 3.8) is 0 Å². The summed E-state index contributed by atoms with van der Waals surface area (Å²) in [6.07, 6.45) is 9.61. The van der Waals surface area contributed by atoms with Gasteiger partial charge in [-0.05, 0) is 80.5 Å². The molecule has 0 spiro atoms. The number of amides is 1. The zero-order valence-corrected chi connectivity index (χ0v) is 32.7. The average molecular weight is 722 g/mol. The van der Waals surface area contributed by atoms with Gasteiger partial charge in [0.1, 0.15) is 0 Å². The van der Waals surface area contributed by atoms with Gasteiger partial charge in [0, 0.05) is 58.1 Å². The highest BCUT2D eigenvalue weighted by Gasteiger charge is 2.37. The fourth-order valence-corrected chi connectivity index (χ4v) is 7.72. The van der Waals surface area contributed by atoms with Gasteiger partial charge in [-0.25, -0.2) is 9.78 Å². The molecule has 5 rings (SSSR count). The van der Waals surface area contributed by atoms with Crippen LogP contribution in [0.5, 0.6) is 0 Å². The zero-order chi connectivity index (χ0) is 38.4. The molecule has 3 N–H and O–H groups in total. The molecule has 0 saturated carbocycles. The minimum absolute atomic E-state index is 0.135. The predicted molar refractivity (Wildman–Crippen MR) is 213 cm³/mol. The highest BCUT2D eigenvalue weighted by atomic mass is 16.5. The van der Waals surface area contributed by atoms with Crippen LogP contribution in [0.15, 0.2) is 24.8 Å². The summed E-state index contributed by atoms with van der Waals surface area (Å²) in [6, 6.07) is 6.08. The smallest absolute Gasteiger partial charge is 0.340 e. The van der Waals surface area contributed by atoms with E-state index in [9.17, 15) is 14.4 Å². The number of rotatable bonds is 14. The van der Waals surface area contributed by atoms with Gasteiger partial charge in [0.25, 0.3) is 5.91 Å². The minimum atomic E-state index is -0.587. The van der Waals surface area contributed by atoms with Gasteiger partial charge in [-0.1, -0.05) is 65.5 Å². The summed E-state index contributed by atoms with van der Waals surface area (Å²) in [6.45, 7) is 16.9. The first-order valence-electron chi connectivity index (χ1n) is 19.0. The first kappa shape index (κ1) is 39.2. The van der Waals surface area contributed by atoms with Gasteiger partial charge in [-0.15, -0.1) is 0 Å². The summed E-state index contributed by atoms with van der Waals surface area (Å²) >= 11 is 0. The maximum atomic E-state index is 14.6. The van der Waals surface area contributed by atoms with Crippen LogP contribution in [0.3, 0.4) is 0 Å². The van der Waals surface area contributed by atoms with E-state index in [-0.39, 0.29) is 47.0 Å². The molecule has 53 heavy (non-hydrogen) atoms. The van der Waals surface area contributed by atoms with Crippen LogP contribution < -0.4 is 5.32 Å². The summed E-state index contributed by atoms with van der Waals surface area (Å²) in [4.78, 5) is 58.3. The Kier molecular flexibility index (Phi) is 12.7. The molecule has 0 aliphatic carbocycles. The molecule has 3 aromatic rings. The van der Waals surface area contributed by atoms with Crippen molar-refractivity contribution in [3.05, 3.63) is 75.4 Å². The molecule has 10 heteroatoms. The Labute approximate surface area is 312 Å². The van der Waals surface area contributed by atoms with Crippen LogP contribution >= 0.6 is 0 Å². The lowest BCUT2D eigenvalue weighted by atomic mass is 9.85. The number of nitrogens with one attached hydrogen (secondary N) is 3. The van der Waals surface area contributed by atoms with E-state index in [1.54, 1.807) is 0 Å². The molecule has 8 bridgehead atoms. The van der Waals surface area contributed by atoms with Crippen molar-refractivity contribution in [2.75, 3.05) is 20.8 Å². The number of nitrogens with zero attached hydrogens (tertiary/aromatic N) is 2. The van der Waals surface area contributed by atoms with Crippen molar-refractivity contribution in [2.45, 2.75) is 111 Å². The lowest BCUT2D eigenvalue weighted by molar-refractivity contribution is -0.140. The Morgan fingerprint density at radius 2 is 1.58 bits per heavy atom. The van der Waals surface area contributed by atoms with Crippen molar-refractivity contribution < 1.29 is 23.9 Å². The topological polar surface area (TPSA) is 139 Å². The van der Waals surface area contributed by atoms with Gasteiger partial charge >= 0.3 is 11.9 Å². The van der Waals surface area contributed by atoms with Crippen molar-refractivity contribution in [1.29, 1.82) is 0 Å². The van der Waals surface area contributed by atoms with Gasteiger partial charge in [0.15, 0.2) is 0 Å². The molecule has 282 valence electrons. The van der Waals surface area contributed by atoms with Crippen LogP contribution in [0.1, 0.15) is 146 Å². The molecule has 0 radical (unpaired) electrons. The second-order valence-corrected chi connectivity index (χ2v) is 14.2. The molecule has 0 fully saturated rings. The molecule has 2 atom stereocenters. The standard InChI is InChI=1S/C43H55N5O5/c1-10-13-14-15-16-17-20-44-42(50)39-40-30(18-19-37(49)52-8)26(6)33(47-40)21-31-24(4)28(11-2)35(45-31)22-32-25(5)29(12-3)36(46-32)23-34-27(7)38(41(39)48-34)43(51)53-9/h11,21-23,26,30,45-46H,2,10,12-20H2,1,3-9H3,(H,44,50)/t26-,30-/m0/s1. The minimum Gasteiger partial charge on any atom is -0.469 e. The molecular weight excluding hydrogens is 667 g/mol. The number of aryl methyl sites for hydroxylation is 3. The quantitative estimate of drug-likeness (QED) is 0.111. The first-order valence-corrected chi connectivity index (χ1v) is 19.0. The third kappa shape index (κ3) is 8.01. The number of aromatic amines is 2. The normalized spacial score (nSPS) is 15.4. The van der Waals surface area contributed by atoms with E-state index >= 15 is 0 Å². The monoisotopic (exact) mass is 721 g/mol. The van der Waals surface area contributed by atoms with Crippen LogP contribution in [-0.4, -0.2) is 58.5 Å². The van der Waals surface area contributed by atoms with E-state index in [2.05, 4.69) is 62.5 Å². The third-order valence-corrected chi connectivity index (χ3v) is 10.9. The SMILES string of the molecule is C=Cc1c(C)c2cc3nc(c(C(=O)NCCCCCCCC)c4nc(cc5[nH]c(cc1[nH]2)c(C)c5CC)C(C)=C4C(=O)OC)[C@@H](CCC(=O)OC)[C@@H]3C. The maximum absolute atomic E-state index is 14.6. The van der Waals surface area contributed by atoms with Crippen LogP contribution in [0, 0.1) is 13.8 Å². The first-order chi connectivity index (χ1) is 25.5. The molecule has 1 amide bonds. The number of methoxy groups -OCH3 is 2. The van der Waals surface area contributed by atoms with E-state index in [4.69, 9.17) is 19.4 Å². The van der Waals surface area contributed by atoms with Crippen LogP contribution in [0.2, 0.25) is 0 Å². The van der Waals surface area contributed by atoms with E-state index in [0.29, 0.717) is 29.9 Å². The third-order valence-electron chi connectivity index (χ3n) is 10.9. The Hall–Kier alpha value is -4.99. The fourth-order valence-electron chi connectivity index (χ4n) is 7.72. The van der Waals surface area contributed by atoms with Crippen molar-refractivity contribution >= 4 is 57.1 Å². The second kappa shape index (κ2) is 17.2. The van der Waals surface area contributed by atoms with E-state index < -0.39 is 5.97 Å². The summed E-state index contributed by atoms with van der Waals surface area (Å²) in [5.41, 5.74) is 10.9. The second-order valence-electron chi connectivity index (χ2n) is 14.2. The summed E-state index contributed by atoms with van der Waals surface area (Å²) < 4.78 is 10.4. The maximum Gasteiger partial charge on any atom is 0.340 e. The van der Waals surface area contributed by atoms with E-state index in [1.807, 2.05) is 25.1 Å². The Bertz CT molecular complexity index is 2100. The molecule has 0 aromatic carbocycles. The van der Waals surface area contributed by atoms with Crippen molar-refractivity contribution in [1.82, 2.24) is 25.3 Å². The predicted octanol–water partition coefficient (Wildman–Crippen LogP) is 9.17. The van der Waals surface area contributed by atoms with Gasteiger partial charge < -0.3 is 24.8 Å². The van der Waals surface area contributed by atoms with Crippen molar-refractivity contribution in [3.8, 4) is 0 Å². The number of allylic oxidation sites excluding steroid dienone is 1. The Morgan fingerprint density at radius 1 is 0.887 bits per heavy atom. The molecule has 0 saturated heterocycles. The summed E-state index contributed by atoms with van der Waals surface area (Å²) in [5.74, 6) is -1.83. The van der Waals surface area contributed by atoms with E-state index in [1.165, 1.54) is 33.5 Å². The summed E-state index contributed by atoms with van der Waals surface area (Å²) in [7, 11) is 2.71. The largest absolute Gasteiger partial charge is 0.469 e. The Morgan fingerprint density at radius 3 is 2.26 bits per heavy atom. The lowest BCUT2D eigenvalue weighted by Gasteiger charge is -2.18. The van der Waals surface area contributed by atoms with Gasteiger partial charge in [0.05, 0.1) is 42.4 Å². The molecular formula is C43H55N5O5. The molecule has 5 heterocycles. The highest BCUT2D eigenvalue weighted by Crippen LogP contribution is 2.44. The van der Waals surface area contributed by atoms with Crippen LogP contribution in [-0.2, 0) is 25.5 Å². The lowest BCUT2D eigenvalue weighted by Crippen LogP contribution is -2.28. The number of ether oxygens (including phenoxy) is 2. The van der Waals surface area contributed by atoms with Crippen LogP contribution in [0.25, 0.3) is 39.3 Å². The number of unbranched alkanes of at least 4 members (excludes halogenated alkanes) is 5. The number of hydrogen-bond acceptors (Lipinski definition) is 7. The Balaban J connectivity index is 1.89. The highest BCUT2D eigenvalue weighted by molar-refractivity contribution is 6.27. The average Bonchev–Trinajstić information content (AvgIpc) is 3.82.